The van der Waals surface area contributed by atoms with Crippen molar-refractivity contribution in [1.29, 1.82) is 0 Å². The number of pyridine rings is 1. The van der Waals surface area contributed by atoms with E-state index in [1.54, 1.807) is 0 Å². The zero-order valence-corrected chi connectivity index (χ0v) is 17.1. The Balaban J connectivity index is 1.57. The third-order valence-corrected chi connectivity index (χ3v) is 6.37. The number of piperazine rings is 1. The van der Waals surface area contributed by atoms with Crippen LogP contribution in [0, 0.1) is 6.92 Å². The fourth-order valence-electron chi connectivity index (χ4n) is 4.77. The number of benzene rings is 1. The fraction of sp³-hybridized carbons (Fsp3) is 0.435. The summed E-state index contributed by atoms with van der Waals surface area (Å²) in [6, 6.07) is 10.4. The maximum absolute atomic E-state index is 13.6. The zero-order chi connectivity index (χ0) is 20.0. The summed E-state index contributed by atoms with van der Waals surface area (Å²) in [4.78, 5) is 23.0. The van der Waals surface area contributed by atoms with Crippen LogP contribution in [0.1, 0.15) is 35.8 Å². The van der Waals surface area contributed by atoms with Crippen molar-refractivity contribution in [2.24, 2.45) is 0 Å². The van der Waals surface area contributed by atoms with Gasteiger partial charge in [-0.3, -0.25) is 14.4 Å². The van der Waals surface area contributed by atoms with Gasteiger partial charge >= 0.3 is 0 Å². The monoisotopic (exact) mass is 389 g/mol. The third-order valence-electron chi connectivity index (χ3n) is 6.37. The highest BCUT2D eigenvalue weighted by Crippen LogP contribution is 2.29. The van der Waals surface area contributed by atoms with Crippen LogP contribution in [0.5, 0.6) is 0 Å². The molecule has 0 N–H and O–H groups in total. The topological polar surface area (TPSA) is 54.3 Å². The molecule has 3 aromatic rings. The minimum Gasteiger partial charge on any atom is -0.336 e. The average Bonchev–Trinajstić information content (AvgIpc) is 3.38. The third kappa shape index (κ3) is 3.21. The van der Waals surface area contributed by atoms with Crippen molar-refractivity contribution in [3.8, 4) is 11.3 Å². The zero-order valence-electron chi connectivity index (χ0n) is 17.1. The van der Waals surface area contributed by atoms with Crippen LogP contribution < -0.4 is 0 Å². The lowest BCUT2D eigenvalue weighted by Crippen LogP contribution is -2.52. The second kappa shape index (κ2) is 7.26. The summed E-state index contributed by atoms with van der Waals surface area (Å²) in [7, 11) is 0. The molecule has 0 spiro atoms. The molecule has 6 heteroatoms. The molecule has 1 aromatic carbocycles. The standard InChI is InChI=1S/C23H27N5O/c1-3-28-15-20(16(2)25-28)22-13-19(18-8-4-5-9-21(18)24-22)23(29)27-12-11-26-10-6-7-17(26)14-27/h4-5,8-9,13,15,17H,3,6-7,10-12,14H2,1-2H3. The Bertz CT molecular complexity index is 1070. The highest BCUT2D eigenvalue weighted by Gasteiger charge is 2.33. The van der Waals surface area contributed by atoms with E-state index in [-0.39, 0.29) is 5.91 Å². The average molecular weight is 390 g/mol. The molecule has 0 radical (unpaired) electrons. The first kappa shape index (κ1) is 18.3. The highest BCUT2D eigenvalue weighted by atomic mass is 16.2. The number of nitrogens with zero attached hydrogens (tertiary/aromatic N) is 5. The van der Waals surface area contributed by atoms with Gasteiger partial charge in [0, 0.05) is 49.4 Å². The van der Waals surface area contributed by atoms with Crippen LogP contribution in [0.4, 0.5) is 0 Å². The van der Waals surface area contributed by atoms with E-state index in [4.69, 9.17) is 4.98 Å². The molecular weight excluding hydrogens is 362 g/mol. The van der Waals surface area contributed by atoms with E-state index in [1.165, 1.54) is 19.4 Å². The second-order valence-electron chi connectivity index (χ2n) is 8.14. The van der Waals surface area contributed by atoms with Crippen molar-refractivity contribution >= 4 is 16.8 Å². The van der Waals surface area contributed by atoms with Gasteiger partial charge in [0.2, 0.25) is 0 Å². The predicted octanol–water partition coefficient (Wildman–Crippen LogP) is 3.35. The van der Waals surface area contributed by atoms with Gasteiger partial charge in [0.05, 0.1) is 22.5 Å². The van der Waals surface area contributed by atoms with Gasteiger partial charge in [-0.25, -0.2) is 4.98 Å². The maximum atomic E-state index is 13.6. The van der Waals surface area contributed by atoms with Gasteiger partial charge < -0.3 is 4.90 Å². The van der Waals surface area contributed by atoms with Crippen LogP contribution >= 0.6 is 0 Å². The van der Waals surface area contributed by atoms with Crippen LogP contribution in [0.25, 0.3) is 22.2 Å². The smallest absolute Gasteiger partial charge is 0.254 e. The van der Waals surface area contributed by atoms with E-state index >= 15 is 0 Å². The molecule has 4 heterocycles. The molecular formula is C23H27N5O. The number of carbonyl (C=O) groups is 1. The van der Waals surface area contributed by atoms with Crippen molar-refractivity contribution in [3.63, 3.8) is 0 Å². The van der Waals surface area contributed by atoms with Crippen LogP contribution in [0.15, 0.2) is 36.5 Å². The van der Waals surface area contributed by atoms with Gasteiger partial charge in [0.25, 0.3) is 5.91 Å². The number of hydrogen-bond acceptors (Lipinski definition) is 4. The summed E-state index contributed by atoms with van der Waals surface area (Å²) in [5.74, 6) is 0.122. The summed E-state index contributed by atoms with van der Waals surface area (Å²) in [6.07, 6.45) is 4.47. The molecule has 2 aromatic heterocycles. The summed E-state index contributed by atoms with van der Waals surface area (Å²) in [5, 5.41) is 5.49. The Kier molecular flexibility index (Phi) is 4.59. The number of aryl methyl sites for hydroxylation is 2. The number of aromatic nitrogens is 3. The summed E-state index contributed by atoms with van der Waals surface area (Å²) in [5.41, 5.74) is 4.36. The molecule has 5 rings (SSSR count). The quantitative estimate of drug-likeness (QED) is 0.689. The van der Waals surface area contributed by atoms with Crippen molar-refractivity contribution in [3.05, 3.63) is 47.8 Å². The fourth-order valence-corrected chi connectivity index (χ4v) is 4.77. The second-order valence-corrected chi connectivity index (χ2v) is 8.14. The molecule has 29 heavy (non-hydrogen) atoms. The van der Waals surface area contributed by atoms with Crippen LogP contribution in [0.2, 0.25) is 0 Å². The van der Waals surface area contributed by atoms with E-state index in [9.17, 15) is 4.79 Å². The van der Waals surface area contributed by atoms with E-state index in [0.29, 0.717) is 6.04 Å². The molecule has 2 fully saturated rings. The maximum Gasteiger partial charge on any atom is 0.254 e. The molecule has 2 aliphatic heterocycles. The van der Waals surface area contributed by atoms with Gasteiger partial charge in [-0.15, -0.1) is 0 Å². The molecule has 0 aliphatic carbocycles. The molecule has 2 saturated heterocycles. The van der Waals surface area contributed by atoms with Gasteiger partial charge in [0.1, 0.15) is 0 Å². The van der Waals surface area contributed by atoms with E-state index in [1.807, 2.05) is 53.0 Å². The first-order valence-electron chi connectivity index (χ1n) is 10.6. The summed E-state index contributed by atoms with van der Waals surface area (Å²) in [6.45, 7) is 8.67. The number of rotatable bonds is 3. The number of carbonyl (C=O) groups excluding carboxylic acids is 1. The molecule has 0 bridgehead atoms. The molecule has 0 saturated carbocycles. The van der Waals surface area contributed by atoms with Crippen LogP contribution in [-0.2, 0) is 6.54 Å². The van der Waals surface area contributed by atoms with Gasteiger partial charge in [0.15, 0.2) is 0 Å². The van der Waals surface area contributed by atoms with Crippen molar-refractivity contribution in [2.45, 2.75) is 39.3 Å². The van der Waals surface area contributed by atoms with Crippen molar-refractivity contribution < 1.29 is 4.79 Å². The highest BCUT2D eigenvalue weighted by molar-refractivity contribution is 6.07. The Labute approximate surface area is 171 Å². The van der Waals surface area contributed by atoms with Crippen LogP contribution in [0.3, 0.4) is 0 Å². The molecule has 1 atom stereocenters. The minimum absolute atomic E-state index is 0.122. The van der Waals surface area contributed by atoms with Crippen molar-refractivity contribution in [1.82, 2.24) is 24.6 Å². The van der Waals surface area contributed by atoms with Gasteiger partial charge in [-0.2, -0.15) is 5.10 Å². The number of para-hydroxylation sites is 1. The molecule has 1 amide bonds. The van der Waals surface area contributed by atoms with E-state index in [0.717, 1.165) is 59.6 Å². The van der Waals surface area contributed by atoms with E-state index in [2.05, 4.69) is 16.9 Å². The normalized spacial score (nSPS) is 19.7. The summed E-state index contributed by atoms with van der Waals surface area (Å²) >= 11 is 0. The number of fused-ring (bicyclic) bond motifs is 2. The predicted molar refractivity (Wildman–Crippen MR) is 114 cm³/mol. The SMILES string of the molecule is CCn1cc(-c2cc(C(=O)N3CCN4CCCC4C3)c3ccccc3n2)c(C)n1. The number of amides is 1. The van der Waals surface area contributed by atoms with Gasteiger partial charge in [-0.05, 0) is 45.4 Å². The Morgan fingerprint density at radius 1 is 1.21 bits per heavy atom. The van der Waals surface area contributed by atoms with Crippen molar-refractivity contribution in [2.75, 3.05) is 26.2 Å². The summed E-state index contributed by atoms with van der Waals surface area (Å²) < 4.78 is 1.92. The molecule has 6 nitrogen and oxygen atoms in total. The molecule has 1 unspecified atom stereocenters. The Hall–Kier alpha value is -2.73. The lowest BCUT2D eigenvalue weighted by molar-refractivity contribution is 0.0573. The molecule has 150 valence electrons. The Morgan fingerprint density at radius 3 is 2.90 bits per heavy atom. The minimum atomic E-state index is 0.122. The number of hydrogen-bond donors (Lipinski definition) is 0. The lowest BCUT2D eigenvalue weighted by atomic mass is 10.0. The van der Waals surface area contributed by atoms with Gasteiger partial charge in [-0.1, -0.05) is 18.2 Å². The van der Waals surface area contributed by atoms with Crippen LogP contribution in [-0.4, -0.2) is 62.7 Å². The van der Waals surface area contributed by atoms with E-state index < -0.39 is 0 Å². The molecule has 2 aliphatic rings. The Morgan fingerprint density at radius 2 is 2.07 bits per heavy atom. The lowest BCUT2D eigenvalue weighted by Gasteiger charge is -2.37. The first-order valence-corrected chi connectivity index (χ1v) is 10.6. The first-order chi connectivity index (χ1) is 14.1. The largest absolute Gasteiger partial charge is 0.336 e.